The van der Waals surface area contributed by atoms with Crippen LogP contribution in [0.15, 0.2) is 29.3 Å². The summed E-state index contributed by atoms with van der Waals surface area (Å²) in [6, 6.07) is 5.55. The highest BCUT2D eigenvalue weighted by Crippen LogP contribution is 2.30. The summed E-state index contributed by atoms with van der Waals surface area (Å²) >= 11 is 0. The van der Waals surface area contributed by atoms with E-state index in [2.05, 4.69) is 10.4 Å². The predicted octanol–water partition coefficient (Wildman–Crippen LogP) is 3.10. The van der Waals surface area contributed by atoms with Gasteiger partial charge in [-0.15, -0.1) is 0 Å². The predicted molar refractivity (Wildman–Crippen MR) is 129 cm³/mol. The summed E-state index contributed by atoms with van der Waals surface area (Å²) in [5, 5.41) is 8.75. The smallest absolute Gasteiger partial charge is 0.284 e. The van der Waals surface area contributed by atoms with Gasteiger partial charge in [-0.05, 0) is 43.5 Å². The van der Waals surface area contributed by atoms with Gasteiger partial charge >= 0.3 is 0 Å². The molecule has 0 unspecified atom stereocenters. The molecular weight excluding hydrogens is 434 g/mol. The van der Waals surface area contributed by atoms with Crippen molar-refractivity contribution < 1.29 is 19.1 Å². The quantitative estimate of drug-likeness (QED) is 0.559. The third kappa shape index (κ3) is 5.04. The SMILES string of the molecule is CCCOc1ccc(C=CC(=O)N2CCOCC2)cc1C1=Nc2c(c(C)nn2CCC)C(=O)[N]1. The Hall–Kier alpha value is -3.46. The second-order valence-corrected chi connectivity index (χ2v) is 8.23. The summed E-state index contributed by atoms with van der Waals surface area (Å²) in [6.45, 7) is 9.34. The third-order valence-corrected chi connectivity index (χ3v) is 5.62. The number of rotatable bonds is 8. The molecule has 179 valence electrons. The zero-order valence-electron chi connectivity index (χ0n) is 19.9. The number of carbonyl (C=O) groups is 2. The summed E-state index contributed by atoms with van der Waals surface area (Å²) in [5.41, 5.74) is 2.46. The molecule has 0 saturated carbocycles. The van der Waals surface area contributed by atoms with E-state index in [9.17, 15) is 9.59 Å². The molecule has 0 aliphatic carbocycles. The van der Waals surface area contributed by atoms with E-state index >= 15 is 0 Å². The molecule has 0 bridgehead atoms. The van der Waals surface area contributed by atoms with Crippen molar-refractivity contribution in [2.75, 3.05) is 32.9 Å². The van der Waals surface area contributed by atoms with E-state index in [0.29, 0.717) is 67.8 Å². The van der Waals surface area contributed by atoms with Gasteiger partial charge < -0.3 is 14.4 Å². The Morgan fingerprint density at radius 2 is 2.00 bits per heavy atom. The number of morpholine rings is 1. The number of hydrogen-bond donors (Lipinski definition) is 0. The number of aromatic nitrogens is 2. The van der Waals surface area contributed by atoms with Gasteiger partial charge in [-0.25, -0.2) is 9.67 Å². The molecule has 2 aliphatic heterocycles. The Morgan fingerprint density at radius 3 is 2.74 bits per heavy atom. The minimum atomic E-state index is -0.357. The fourth-order valence-electron chi connectivity index (χ4n) is 3.92. The molecule has 9 nitrogen and oxygen atoms in total. The van der Waals surface area contributed by atoms with Crippen molar-refractivity contribution >= 4 is 29.5 Å². The number of carbonyl (C=O) groups excluding carboxylic acids is 2. The van der Waals surface area contributed by atoms with Gasteiger partial charge in [0.25, 0.3) is 5.91 Å². The molecule has 1 fully saturated rings. The second-order valence-electron chi connectivity index (χ2n) is 8.23. The molecule has 34 heavy (non-hydrogen) atoms. The fraction of sp³-hybridized carbons (Fsp3) is 0.440. The Labute approximate surface area is 199 Å². The van der Waals surface area contributed by atoms with Crippen LogP contribution in [-0.2, 0) is 16.1 Å². The molecule has 1 aromatic carbocycles. The summed E-state index contributed by atoms with van der Waals surface area (Å²) in [7, 11) is 0. The first-order chi connectivity index (χ1) is 16.5. The molecule has 0 atom stereocenters. The topological polar surface area (TPSA) is 100 Å². The molecule has 9 heteroatoms. The van der Waals surface area contributed by atoms with Crippen molar-refractivity contribution in [3.8, 4) is 5.75 Å². The Balaban J connectivity index is 1.68. The first-order valence-electron chi connectivity index (χ1n) is 11.8. The van der Waals surface area contributed by atoms with Gasteiger partial charge in [-0.3, -0.25) is 9.59 Å². The third-order valence-electron chi connectivity index (χ3n) is 5.62. The summed E-state index contributed by atoms with van der Waals surface area (Å²) in [5.74, 6) is 0.990. The highest BCUT2D eigenvalue weighted by Gasteiger charge is 2.30. The molecule has 0 spiro atoms. The normalized spacial score (nSPS) is 15.8. The lowest BCUT2D eigenvalue weighted by molar-refractivity contribution is -0.129. The number of aliphatic imine (C=N–C) groups is 1. The van der Waals surface area contributed by atoms with Gasteiger partial charge in [0.2, 0.25) is 5.91 Å². The number of aryl methyl sites for hydroxylation is 2. The van der Waals surface area contributed by atoms with Crippen molar-refractivity contribution in [3.05, 3.63) is 46.7 Å². The van der Waals surface area contributed by atoms with Gasteiger partial charge in [-0.1, -0.05) is 19.9 Å². The lowest BCUT2D eigenvalue weighted by Crippen LogP contribution is -2.39. The van der Waals surface area contributed by atoms with Crippen LogP contribution in [0.4, 0.5) is 5.82 Å². The average molecular weight is 465 g/mol. The van der Waals surface area contributed by atoms with Crippen molar-refractivity contribution in [1.29, 1.82) is 0 Å². The molecular formula is C25H30N5O4. The van der Waals surface area contributed by atoms with Crippen LogP contribution in [0.25, 0.3) is 6.08 Å². The van der Waals surface area contributed by atoms with Crippen LogP contribution in [0.5, 0.6) is 5.75 Å². The van der Waals surface area contributed by atoms with Gasteiger partial charge in [-0.2, -0.15) is 10.4 Å². The zero-order chi connectivity index (χ0) is 24.1. The minimum Gasteiger partial charge on any atom is -0.493 e. The molecule has 1 aromatic heterocycles. The molecule has 2 aromatic rings. The van der Waals surface area contributed by atoms with Crippen LogP contribution in [-0.4, -0.2) is 65.2 Å². The standard InChI is InChI=1S/C25H30N5O4/c1-4-10-30-24-22(17(3)28-30)25(32)27-23(26-24)19-16-18(6-8-20(19)34-13-5-2)7-9-21(31)29-11-14-33-15-12-29/h6-9,16H,4-5,10-15H2,1-3H3. The highest BCUT2D eigenvalue weighted by molar-refractivity contribution is 6.18. The molecule has 1 radical (unpaired) electrons. The first kappa shape index (κ1) is 23.7. The zero-order valence-corrected chi connectivity index (χ0v) is 19.9. The highest BCUT2D eigenvalue weighted by atomic mass is 16.5. The van der Waals surface area contributed by atoms with Gasteiger partial charge in [0.05, 0.1) is 31.1 Å². The van der Waals surface area contributed by atoms with Crippen molar-refractivity contribution in [2.24, 2.45) is 4.99 Å². The van der Waals surface area contributed by atoms with Crippen LogP contribution < -0.4 is 10.1 Å². The van der Waals surface area contributed by atoms with Crippen LogP contribution in [0.3, 0.4) is 0 Å². The van der Waals surface area contributed by atoms with Gasteiger partial charge in [0, 0.05) is 25.7 Å². The van der Waals surface area contributed by atoms with E-state index in [0.717, 1.165) is 18.4 Å². The fourth-order valence-corrected chi connectivity index (χ4v) is 3.92. The maximum Gasteiger partial charge on any atom is 0.284 e. The van der Waals surface area contributed by atoms with E-state index in [1.807, 2.05) is 32.0 Å². The number of amidine groups is 1. The summed E-state index contributed by atoms with van der Waals surface area (Å²) in [6.07, 6.45) is 5.02. The van der Waals surface area contributed by atoms with Crippen molar-refractivity contribution in [2.45, 2.75) is 40.2 Å². The van der Waals surface area contributed by atoms with E-state index in [4.69, 9.17) is 14.5 Å². The number of nitrogens with zero attached hydrogens (tertiary/aromatic N) is 5. The van der Waals surface area contributed by atoms with E-state index in [-0.39, 0.29) is 17.6 Å². The lowest BCUT2D eigenvalue weighted by Gasteiger charge is -2.25. The monoisotopic (exact) mass is 464 g/mol. The average Bonchev–Trinajstić information content (AvgIpc) is 3.17. The number of fused-ring (bicyclic) bond motifs is 1. The second kappa shape index (κ2) is 10.6. The lowest BCUT2D eigenvalue weighted by atomic mass is 10.1. The Bertz CT molecular complexity index is 1130. The van der Waals surface area contributed by atoms with E-state index in [1.54, 1.807) is 28.7 Å². The van der Waals surface area contributed by atoms with Crippen LogP contribution in [0, 0.1) is 6.92 Å². The molecule has 1 saturated heterocycles. The number of ether oxygens (including phenoxy) is 2. The van der Waals surface area contributed by atoms with Crippen LogP contribution in [0.1, 0.15) is 53.9 Å². The molecule has 3 heterocycles. The van der Waals surface area contributed by atoms with E-state index in [1.165, 1.54) is 0 Å². The maximum absolute atomic E-state index is 12.9. The van der Waals surface area contributed by atoms with Crippen molar-refractivity contribution in [1.82, 2.24) is 20.0 Å². The van der Waals surface area contributed by atoms with Gasteiger partial charge in [0.15, 0.2) is 11.7 Å². The largest absolute Gasteiger partial charge is 0.493 e. The summed E-state index contributed by atoms with van der Waals surface area (Å²) < 4.78 is 13.0. The van der Waals surface area contributed by atoms with Crippen molar-refractivity contribution in [3.63, 3.8) is 0 Å². The van der Waals surface area contributed by atoms with Crippen LogP contribution >= 0.6 is 0 Å². The first-order valence-corrected chi connectivity index (χ1v) is 11.8. The molecule has 0 N–H and O–H groups in total. The Kier molecular flexibility index (Phi) is 7.42. The summed E-state index contributed by atoms with van der Waals surface area (Å²) in [4.78, 5) is 31.9. The minimum absolute atomic E-state index is 0.0605. The number of benzene rings is 1. The Morgan fingerprint density at radius 1 is 1.21 bits per heavy atom. The van der Waals surface area contributed by atoms with E-state index < -0.39 is 0 Å². The molecule has 2 amide bonds. The molecule has 4 rings (SSSR count). The molecule has 2 aliphatic rings. The number of hydrogen-bond acceptors (Lipinski definition) is 6. The maximum atomic E-state index is 12.9. The number of amides is 2. The van der Waals surface area contributed by atoms with Crippen LogP contribution in [0.2, 0.25) is 0 Å². The van der Waals surface area contributed by atoms with Gasteiger partial charge in [0.1, 0.15) is 11.3 Å².